The maximum Gasteiger partial charge on any atom is 0.315 e. The second-order valence-corrected chi connectivity index (χ2v) is 6.29. The van der Waals surface area contributed by atoms with Crippen molar-refractivity contribution in [2.75, 3.05) is 31.3 Å². The van der Waals surface area contributed by atoms with Gasteiger partial charge < -0.3 is 15.4 Å². The molecular formula is C16H23ClN2O3S. The SMILES string of the molecule is COC(=O)CSCc1cccc(NC(=O)C2CCCNC2)c1.Cl. The summed E-state index contributed by atoms with van der Waals surface area (Å²) in [5.74, 6) is 0.946. The Bertz CT molecular complexity index is 522. The largest absolute Gasteiger partial charge is 0.468 e. The van der Waals surface area contributed by atoms with E-state index in [9.17, 15) is 9.59 Å². The van der Waals surface area contributed by atoms with Gasteiger partial charge in [-0.05, 0) is 37.1 Å². The van der Waals surface area contributed by atoms with Gasteiger partial charge >= 0.3 is 5.97 Å². The van der Waals surface area contributed by atoms with Gasteiger partial charge in [0.25, 0.3) is 0 Å². The molecular weight excluding hydrogens is 336 g/mol. The number of carbonyl (C=O) groups is 2. The molecule has 7 heteroatoms. The fourth-order valence-corrected chi connectivity index (χ4v) is 3.17. The lowest BCUT2D eigenvalue weighted by Gasteiger charge is -2.22. The number of methoxy groups -OCH3 is 1. The van der Waals surface area contributed by atoms with Gasteiger partial charge in [-0.1, -0.05) is 12.1 Å². The summed E-state index contributed by atoms with van der Waals surface area (Å²) in [5.41, 5.74) is 1.89. The molecule has 5 nitrogen and oxygen atoms in total. The Morgan fingerprint density at radius 2 is 2.26 bits per heavy atom. The number of ether oxygens (including phenoxy) is 1. The van der Waals surface area contributed by atoms with Crippen LogP contribution in [0, 0.1) is 5.92 Å². The molecule has 1 heterocycles. The predicted octanol–water partition coefficient (Wildman–Crippen LogP) is 2.45. The minimum absolute atomic E-state index is 0. The molecule has 1 aromatic rings. The van der Waals surface area contributed by atoms with Crippen LogP contribution in [0.5, 0.6) is 0 Å². The Morgan fingerprint density at radius 1 is 1.43 bits per heavy atom. The Morgan fingerprint density at radius 3 is 2.96 bits per heavy atom. The summed E-state index contributed by atoms with van der Waals surface area (Å²) in [4.78, 5) is 23.3. The van der Waals surface area contributed by atoms with Crippen molar-refractivity contribution < 1.29 is 14.3 Å². The van der Waals surface area contributed by atoms with E-state index in [2.05, 4.69) is 15.4 Å². The molecule has 1 saturated heterocycles. The number of benzene rings is 1. The Balaban J connectivity index is 0.00000264. The molecule has 1 aliphatic heterocycles. The van der Waals surface area contributed by atoms with Crippen molar-refractivity contribution in [2.24, 2.45) is 5.92 Å². The van der Waals surface area contributed by atoms with E-state index < -0.39 is 0 Å². The van der Waals surface area contributed by atoms with Crippen LogP contribution >= 0.6 is 24.2 Å². The van der Waals surface area contributed by atoms with Gasteiger partial charge in [0.1, 0.15) is 0 Å². The number of hydrogen-bond acceptors (Lipinski definition) is 5. The molecule has 0 saturated carbocycles. The molecule has 0 aliphatic carbocycles. The summed E-state index contributed by atoms with van der Waals surface area (Å²) in [6.07, 6.45) is 1.98. The van der Waals surface area contributed by atoms with Crippen molar-refractivity contribution in [1.82, 2.24) is 5.32 Å². The topological polar surface area (TPSA) is 67.4 Å². The molecule has 1 aliphatic rings. The third-order valence-corrected chi connectivity index (χ3v) is 4.56. The summed E-state index contributed by atoms with van der Waals surface area (Å²) in [6, 6.07) is 7.76. The highest BCUT2D eigenvalue weighted by Gasteiger charge is 2.20. The number of halogens is 1. The zero-order valence-electron chi connectivity index (χ0n) is 13.2. The van der Waals surface area contributed by atoms with Crippen molar-refractivity contribution in [2.45, 2.75) is 18.6 Å². The molecule has 1 unspecified atom stereocenters. The second-order valence-electron chi connectivity index (χ2n) is 5.30. The summed E-state index contributed by atoms with van der Waals surface area (Å²) < 4.78 is 4.61. The molecule has 2 N–H and O–H groups in total. The van der Waals surface area contributed by atoms with Crippen LogP contribution in [0.25, 0.3) is 0 Å². The van der Waals surface area contributed by atoms with Crippen molar-refractivity contribution in [3.63, 3.8) is 0 Å². The average molecular weight is 359 g/mol. The van der Waals surface area contributed by atoms with Gasteiger partial charge in [-0.2, -0.15) is 0 Å². The molecule has 2 rings (SSSR count). The minimum Gasteiger partial charge on any atom is -0.468 e. The third-order valence-electron chi connectivity index (χ3n) is 3.58. The highest BCUT2D eigenvalue weighted by molar-refractivity contribution is 7.99. The lowest BCUT2D eigenvalue weighted by atomic mass is 9.99. The first kappa shape index (κ1) is 19.8. The number of carbonyl (C=O) groups excluding carboxylic acids is 2. The third kappa shape index (κ3) is 6.81. The van der Waals surface area contributed by atoms with Gasteiger partial charge in [0, 0.05) is 18.0 Å². The number of anilines is 1. The van der Waals surface area contributed by atoms with Crippen LogP contribution in [0.1, 0.15) is 18.4 Å². The molecule has 0 bridgehead atoms. The molecule has 0 spiro atoms. The molecule has 23 heavy (non-hydrogen) atoms. The fraction of sp³-hybridized carbons (Fsp3) is 0.500. The number of esters is 1. The first-order valence-corrected chi connectivity index (χ1v) is 8.59. The predicted molar refractivity (Wildman–Crippen MR) is 96.1 cm³/mol. The highest BCUT2D eigenvalue weighted by Crippen LogP contribution is 2.18. The fourth-order valence-electron chi connectivity index (χ4n) is 2.37. The maximum absolute atomic E-state index is 12.2. The molecule has 0 radical (unpaired) electrons. The highest BCUT2D eigenvalue weighted by atomic mass is 35.5. The van der Waals surface area contributed by atoms with Crippen LogP contribution in [-0.4, -0.2) is 37.8 Å². The van der Waals surface area contributed by atoms with E-state index in [4.69, 9.17) is 0 Å². The quantitative estimate of drug-likeness (QED) is 0.764. The van der Waals surface area contributed by atoms with Crippen molar-refractivity contribution in [3.8, 4) is 0 Å². The van der Waals surface area contributed by atoms with E-state index >= 15 is 0 Å². The van der Waals surface area contributed by atoms with Gasteiger partial charge in [0.15, 0.2) is 0 Å². The molecule has 1 atom stereocenters. The monoisotopic (exact) mass is 358 g/mol. The number of rotatable bonds is 6. The maximum atomic E-state index is 12.2. The Hall–Kier alpha value is -1.24. The Kier molecular flexibility index (Phi) is 9.06. The van der Waals surface area contributed by atoms with Crippen LogP contribution in [0.3, 0.4) is 0 Å². The second kappa shape index (κ2) is 10.5. The zero-order valence-corrected chi connectivity index (χ0v) is 14.8. The van der Waals surface area contributed by atoms with E-state index in [1.807, 2.05) is 24.3 Å². The van der Waals surface area contributed by atoms with E-state index in [0.29, 0.717) is 11.5 Å². The van der Waals surface area contributed by atoms with Crippen LogP contribution < -0.4 is 10.6 Å². The van der Waals surface area contributed by atoms with E-state index in [1.54, 1.807) is 0 Å². The summed E-state index contributed by atoms with van der Waals surface area (Å²) >= 11 is 1.50. The lowest BCUT2D eigenvalue weighted by Crippen LogP contribution is -2.37. The summed E-state index contributed by atoms with van der Waals surface area (Å²) in [7, 11) is 1.39. The van der Waals surface area contributed by atoms with Crippen molar-refractivity contribution in [3.05, 3.63) is 29.8 Å². The van der Waals surface area contributed by atoms with E-state index in [-0.39, 0.29) is 30.2 Å². The lowest BCUT2D eigenvalue weighted by molar-refractivity contribution is -0.137. The van der Waals surface area contributed by atoms with Crippen LogP contribution in [0.15, 0.2) is 24.3 Å². The zero-order chi connectivity index (χ0) is 15.8. The standard InChI is InChI=1S/C16H22N2O3S.ClH/c1-21-15(19)11-22-10-12-4-2-6-14(8-12)18-16(20)13-5-3-7-17-9-13;/h2,4,6,8,13,17H,3,5,7,9-11H2,1H3,(H,18,20);1H. The number of hydrogen-bond donors (Lipinski definition) is 2. The number of nitrogens with one attached hydrogen (secondary N) is 2. The van der Waals surface area contributed by atoms with Crippen LogP contribution in [0.2, 0.25) is 0 Å². The van der Waals surface area contributed by atoms with Crippen molar-refractivity contribution >= 4 is 41.7 Å². The first-order chi connectivity index (χ1) is 10.7. The van der Waals surface area contributed by atoms with E-state index in [0.717, 1.165) is 37.2 Å². The van der Waals surface area contributed by atoms with Crippen molar-refractivity contribution in [1.29, 1.82) is 0 Å². The molecule has 1 amide bonds. The number of amides is 1. The van der Waals surface area contributed by atoms with Crippen LogP contribution in [-0.2, 0) is 20.1 Å². The molecule has 0 aromatic heterocycles. The number of piperidine rings is 1. The molecule has 1 fully saturated rings. The smallest absolute Gasteiger partial charge is 0.315 e. The van der Waals surface area contributed by atoms with Gasteiger partial charge in [-0.25, -0.2) is 0 Å². The van der Waals surface area contributed by atoms with Gasteiger partial charge in [-0.15, -0.1) is 24.2 Å². The van der Waals surface area contributed by atoms with Gasteiger partial charge in [-0.3, -0.25) is 9.59 Å². The first-order valence-electron chi connectivity index (χ1n) is 7.44. The Labute approximate surface area is 147 Å². The molecule has 1 aromatic carbocycles. The van der Waals surface area contributed by atoms with E-state index in [1.165, 1.54) is 18.9 Å². The number of thioether (sulfide) groups is 1. The summed E-state index contributed by atoms with van der Waals surface area (Å²) in [6.45, 7) is 1.75. The van der Waals surface area contributed by atoms with Crippen LogP contribution in [0.4, 0.5) is 5.69 Å². The van der Waals surface area contributed by atoms with Gasteiger partial charge in [0.05, 0.1) is 18.8 Å². The van der Waals surface area contributed by atoms with Gasteiger partial charge in [0.2, 0.25) is 5.91 Å². The molecule has 128 valence electrons. The normalized spacial score (nSPS) is 17.0. The minimum atomic E-state index is -0.223. The summed E-state index contributed by atoms with van der Waals surface area (Å²) in [5, 5.41) is 6.23. The average Bonchev–Trinajstić information content (AvgIpc) is 2.56.